The number of aliphatic hydroxyl groups is 1. The van der Waals surface area contributed by atoms with Crippen LogP contribution in [0.1, 0.15) is 117 Å². The van der Waals surface area contributed by atoms with Gasteiger partial charge in [-0.15, -0.1) is 0 Å². The lowest BCUT2D eigenvalue weighted by Gasteiger charge is -2.33. The van der Waals surface area contributed by atoms with Gasteiger partial charge in [0.2, 0.25) is 65.0 Å². The highest BCUT2D eigenvalue weighted by atomic mass is 16.5. The summed E-state index contributed by atoms with van der Waals surface area (Å²) in [6, 6.07) is 4.20. The number of hydrogen-bond donors (Lipinski definition) is 15. The molecule has 0 saturated carbocycles. The number of carbonyl (C=O) groups excluding carboxylic acids is 11. The fourth-order valence-corrected chi connectivity index (χ4v) is 12.0. The van der Waals surface area contributed by atoms with Crippen molar-refractivity contribution >= 4 is 82.9 Å². The van der Waals surface area contributed by atoms with Gasteiger partial charge in [-0.1, -0.05) is 88.4 Å². The van der Waals surface area contributed by atoms with Gasteiger partial charge in [-0.3, -0.25) is 62.7 Å². The van der Waals surface area contributed by atoms with Crippen molar-refractivity contribution in [2.24, 2.45) is 50.5 Å². The minimum absolute atomic E-state index is 0.0159. The highest BCUT2D eigenvalue weighted by molar-refractivity contribution is 5.99. The van der Waals surface area contributed by atoms with Crippen LogP contribution in [0, 0.1) is 11.8 Å². The van der Waals surface area contributed by atoms with Gasteiger partial charge in [0, 0.05) is 52.0 Å². The molecule has 0 bridgehead atoms. The Morgan fingerprint density at radius 3 is 1.55 bits per heavy atom. The number of nitrogens with two attached hydrogens (primary N) is 5. The molecule has 0 spiro atoms. The van der Waals surface area contributed by atoms with E-state index in [1.807, 2.05) is 20.8 Å². The molecule has 20 N–H and O–H groups in total. The number of hydrogen-bond acceptors (Lipinski definition) is 17. The van der Waals surface area contributed by atoms with Crippen molar-refractivity contribution in [3.63, 3.8) is 0 Å². The molecule has 3 saturated heterocycles. The summed E-state index contributed by atoms with van der Waals surface area (Å²) in [5.41, 5.74) is 28.1. The van der Waals surface area contributed by atoms with Crippen LogP contribution in [0.2, 0.25) is 0 Å². The molecular formula is C66H102N18O15. The van der Waals surface area contributed by atoms with E-state index in [2.05, 4.69) is 52.5 Å². The lowest BCUT2D eigenvalue weighted by Crippen LogP contribution is -2.61. The van der Waals surface area contributed by atoms with Crippen LogP contribution in [-0.4, -0.2) is 232 Å². The van der Waals surface area contributed by atoms with Crippen LogP contribution in [0.5, 0.6) is 0 Å². The number of likely N-dealkylation sites (tertiary alicyclic amines) is 3. The summed E-state index contributed by atoms with van der Waals surface area (Å²) in [4.78, 5) is 179. The van der Waals surface area contributed by atoms with Crippen molar-refractivity contribution in [2.45, 2.75) is 191 Å². The SMILES string of the molecule is CC(C)[C@H](NC(=O)[C@@H](NC(=O)[C@H](CCCN=C(N)N)NC(=O)[C@H](Cc1ccccc1)NC(=O)[C@@H]1CCCN1C(=O)[C@H](CO)NC(=O)[C@H](Cc1ccccc1)NC(=O)CNC(=O)[C@@H]1C[C@@H](OC(C)(C)C)CN1C(=O)[C@@H]1CCCN1C(=O)[C@H](CCCN=C(N)N)NC(=O)CN)C(C)C)C(=O)O. The fraction of sp³-hybridized carbons (Fsp3) is 0.606. The molecule has 0 aromatic heterocycles. The number of aliphatic imine (C=N–C) groups is 2. The highest BCUT2D eigenvalue weighted by Crippen LogP contribution is 2.30. The fourth-order valence-electron chi connectivity index (χ4n) is 12.0. The van der Waals surface area contributed by atoms with Gasteiger partial charge in [0.15, 0.2) is 11.9 Å². The summed E-state index contributed by atoms with van der Waals surface area (Å²) < 4.78 is 6.26. The van der Waals surface area contributed by atoms with Gasteiger partial charge in [0.1, 0.15) is 60.4 Å². The number of aliphatic hydroxyl groups excluding tert-OH is 1. The van der Waals surface area contributed by atoms with E-state index in [9.17, 15) is 67.7 Å². The average molecular weight is 1390 g/mol. The molecule has 3 aliphatic heterocycles. The van der Waals surface area contributed by atoms with Crippen LogP contribution in [0.25, 0.3) is 0 Å². The first kappa shape index (κ1) is 80.2. The van der Waals surface area contributed by atoms with E-state index < -0.39 is 175 Å². The zero-order valence-corrected chi connectivity index (χ0v) is 57.5. The predicted molar refractivity (Wildman–Crippen MR) is 364 cm³/mol. The Morgan fingerprint density at radius 1 is 0.566 bits per heavy atom. The molecule has 0 aliphatic carbocycles. The van der Waals surface area contributed by atoms with Crippen molar-refractivity contribution in [2.75, 3.05) is 52.4 Å². The molecule has 546 valence electrons. The van der Waals surface area contributed by atoms with Crippen molar-refractivity contribution in [3.05, 3.63) is 71.8 Å². The summed E-state index contributed by atoms with van der Waals surface area (Å²) in [6.45, 7) is 10.2. The molecule has 3 heterocycles. The van der Waals surface area contributed by atoms with Gasteiger partial charge >= 0.3 is 5.97 Å². The van der Waals surface area contributed by atoms with Crippen LogP contribution in [-0.2, 0) is 75.1 Å². The Balaban J connectivity index is 1.32. The molecular weight excluding hydrogens is 1280 g/mol. The normalized spacial score (nSPS) is 18.8. The molecule has 33 heteroatoms. The summed E-state index contributed by atoms with van der Waals surface area (Å²) in [7, 11) is 0. The van der Waals surface area contributed by atoms with Gasteiger partial charge in [0.05, 0.1) is 31.4 Å². The summed E-state index contributed by atoms with van der Waals surface area (Å²) in [5.74, 6) is -11.0. The smallest absolute Gasteiger partial charge is 0.326 e. The second-order valence-corrected chi connectivity index (χ2v) is 26.6. The zero-order chi connectivity index (χ0) is 73.3. The lowest BCUT2D eigenvalue weighted by molar-refractivity contribution is -0.148. The van der Waals surface area contributed by atoms with Crippen LogP contribution in [0.15, 0.2) is 70.6 Å². The van der Waals surface area contributed by atoms with Crippen LogP contribution >= 0.6 is 0 Å². The quantitative estimate of drug-likeness (QED) is 0.0177. The van der Waals surface area contributed by atoms with Gasteiger partial charge in [-0.05, 0) is 95.1 Å². The first-order chi connectivity index (χ1) is 46.8. The number of guanidine groups is 2. The number of ether oxygens (including phenoxy) is 1. The molecule has 0 radical (unpaired) electrons. The van der Waals surface area contributed by atoms with Crippen molar-refractivity contribution in [3.8, 4) is 0 Å². The molecule has 11 atom stereocenters. The molecule has 3 aliphatic rings. The molecule has 11 amide bonds. The number of aliphatic carboxylic acids is 1. The minimum atomic E-state index is -1.67. The second-order valence-electron chi connectivity index (χ2n) is 26.6. The van der Waals surface area contributed by atoms with E-state index in [1.165, 1.54) is 9.80 Å². The zero-order valence-electron chi connectivity index (χ0n) is 57.5. The third-order valence-corrected chi connectivity index (χ3v) is 16.9. The Bertz CT molecular complexity index is 3180. The Labute approximate surface area is 576 Å². The predicted octanol–water partition coefficient (Wildman–Crippen LogP) is -3.80. The third-order valence-electron chi connectivity index (χ3n) is 16.9. The summed E-state index contributed by atoms with van der Waals surface area (Å²) >= 11 is 0. The maximum Gasteiger partial charge on any atom is 0.326 e. The van der Waals surface area contributed by atoms with E-state index in [0.29, 0.717) is 24.0 Å². The standard InChI is InChI=1S/C66H102N18O15/c1-37(2)52(59(93)81-53(38(3)4)63(97)98)80-54(88)42(22-14-26-72-64(68)69)77-56(90)45(31-40-20-12-9-13-21-40)78-58(92)47-24-16-28-82(47)61(95)46(36-85)79-55(89)44(30-39-18-10-8-11-19-39)76-51(87)34-74-57(91)49-32-41(99-66(5,6)7)35-84(49)62(96)48-25-17-29-83(48)60(94)43(75-50(86)33-67)23-15-27-73-65(70)71/h8-13,18-21,37-38,41-49,52-53,85H,14-17,22-36,67H2,1-7H3,(H,74,91)(H,75,86)(H,76,87)(H,77,90)(H,78,92)(H,79,89)(H,80,88)(H,81,93)(H,97,98)(H4,68,69,72)(H4,70,71,73)/t41-,42+,43+,44+,45+,46+,47+,48+,49+,52+,53+/m1/s1. The molecule has 0 unspecified atom stereocenters. The molecule has 3 fully saturated rings. The van der Waals surface area contributed by atoms with Crippen LogP contribution in [0.3, 0.4) is 0 Å². The third kappa shape index (κ3) is 25.1. The number of nitrogens with one attached hydrogen (secondary N) is 8. The van der Waals surface area contributed by atoms with Crippen LogP contribution < -0.4 is 71.2 Å². The van der Waals surface area contributed by atoms with E-state index >= 15 is 0 Å². The van der Waals surface area contributed by atoms with Gasteiger partial charge < -0.3 is 101 Å². The average Bonchev–Trinajstić information content (AvgIpc) is 1.66. The Hall–Kier alpha value is -9.50. The maximum atomic E-state index is 14.7. The van der Waals surface area contributed by atoms with Gasteiger partial charge in [-0.2, -0.15) is 0 Å². The number of amides is 11. The molecule has 99 heavy (non-hydrogen) atoms. The number of carboxylic acids is 1. The monoisotopic (exact) mass is 1390 g/mol. The topological polar surface area (TPSA) is 515 Å². The van der Waals surface area contributed by atoms with E-state index in [4.69, 9.17) is 33.4 Å². The van der Waals surface area contributed by atoms with Crippen molar-refractivity contribution < 1.29 is 72.5 Å². The number of carboxylic acid groups (broad SMARTS) is 1. The van der Waals surface area contributed by atoms with E-state index in [1.54, 1.807) is 88.4 Å². The largest absolute Gasteiger partial charge is 0.480 e. The summed E-state index contributed by atoms with van der Waals surface area (Å²) in [6.07, 6.45) is 0.681. The van der Waals surface area contributed by atoms with Gasteiger partial charge in [-0.25, -0.2) is 4.79 Å². The molecule has 33 nitrogen and oxygen atoms in total. The van der Waals surface area contributed by atoms with E-state index in [0.717, 1.165) is 4.90 Å². The summed E-state index contributed by atoms with van der Waals surface area (Å²) in [5, 5.41) is 41.6. The number of carbonyl (C=O) groups is 12. The molecule has 2 aromatic rings. The second kappa shape index (κ2) is 38.6. The lowest BCUT2D eigenvalue weighted by atomic mass is 9.99. The molecule has 5 rings (SSSR count). The number of rotatable bonds is 36. The Kier molecular flexibility index (Phi) is 31.3. The minimum Gasteiger partial charge on any atom is -0.480 e. The Morgan fingerprint density at radius 2 is 1.04 bits per heavy atom. The number of benzene rings is 2. The maximum absolute atomic E-state index is 14.7. The number of nitrogens with zero attached hydrogens (tertiary/aromatic N) is 5. The van der Waals surface area contributed by atoms with Crippen LogP contribution in [0.4, 0.5) is 0 Å². The first-order valence-corrected chi connectivity index (χ1v) is 33.5. The molecule has 2 aromatic carbocycles. The van der Waals surface area contributed by atoms with E-state index in [-0.39, 0.29) is 102 Å². The highest BCUT2D eigenvalue weighted by Gasteiger charge is 2.48. The first-order valence-electron chi connectivity index (χ1n) is 33.5. The van der Waals surface area contributed by atoms with Crippen molar-refractivity contribution in [1.29, 1.82) is 0 Å². The van der Waals surface area contributed by atoms with Crippen molar-refractivity contribution in [1.82, 2.24) is 57.2 Å². The van der Waals surface area contributed by atoms with Gasteiger partial charge in [0.25, 0.3) is 0 Å².